The summed E-state index contributed by atoms with van der Waals surface area (Å²) in [5.74, 6) is 1.24. The molecule has 7 heteroatoms. The highest BCUT2D eigenvalue weighted by molar-refractivity contribution is 6.31. The van der Waals surface area contributed by atoms with Crippen molar-refractivity contribution in [3.8, 4) is 28.5 Å². The molecule has 0 radical (unpaired) electrons. The zero-order valence-electron chi connectivity index (χ0n) is 20.8. The standard InChI is InChI=1S/C28H31ClFNO4/c1-6-15-35-23-10-8-18(17-25(23)34-5)22(32)13-14-28(2,3)26-12-11-24(33-4)27(31-26)19-7-9-21(30)20(29)16-19/h7-12,16-17H,6,13-15H2,1-5H3. The van der Waals surface area contributed by atoms with Gasteiger partial charge in [-0.05, 0) is 61.4 Å². The number of aromatic nitrogens is 1. The van der Waals surface area contributed by atoms with E-state index in [1.54, 1.807) is 38.5 Å². The van der Waals surface area contributed by atoms with E-state index in [0.29, 0.717) is 53.5 Å². The molecule has 0 saturated heterocycles. The predicted octanol–water partition coefficient (Wildman–Crippen LogP) is 7.29. The highest BCUT2D eigenvalue weighted by atomic mass is 35.5. The molecule has 0 aliphatic carbocycles. The van der Waals surface area contributed by atoms with Gasteiger partial charge in [0.05, 0.1) is 25.8 Å². The SMILES string of the molecule is CCCOc1ccc(C(=O)CCC(C)(C)c2ccc(OC)c(-c3ccc(F)c(Cl)c3)n2)cc1OC. The largest absolute Gasteiger partial charge is 0.494 e. The molecule has 0 saturated carbocycles. The second-order valence-corrected chi connectivity index (χ2v) is 9.30. The highest BCUT2D eigenvalue weighted by Gasteiger charge is 2.26. The summed E-state index contributed by atoms with van der Waals surface area (Å²) in [7, 11) is 3.12. The molecule has 0 atom stereocenters. The Morgan fingerprint density at radius 2 is 1.71 bits per heavy atom. The lowest BCUT2D eigenvalue weighted by Crippen LogP contribution is -2.21. The third kappa shape index (κ3) is 6.31. The van der Waals surface area contributed by atoms with E-state index >= 15 is 0 Å². The molecule has 0 aliphatic rings. The minimum absolute atomic E-state index is 0.0115. The first-order valence-corrected chi connectivity index (χ1v) is 11.9. The molecule has 1 heterocycles. The van der Waals surface area contributed by atoms with Gasteiger partial charge in [0.15, 0.2) is 17.3 Å². The number of hydrogen-bond donors (Lipinski definition) is 0. The van der Waals surface area contributed by atoms with Crippen molar-refractivity contribution in [2.75, 3.05) is 20.8 Å². The van der Waals surface area contributed by atoms with Crippen LogP contribution in [0.5, 0.6) is 17.2 Å². The predicted molar refractivity (Wildman–Crippen MR) is 137 cm³/mol. The van der Waals surface area contributed by atoms with Gasteiger partial charge in [-0.3, -0.25) is 4.79 Å². The van der Waals surface area contributed by atoms with Gasteiger partial charge in [0.1, 0.15) is 17.3 Å². The summed E-state index contributed by atoms with van der Waals surface area (Å²) in [5, 5.41) is 0.0168. The molecule has 0 spiro atoms. The summed E-state index contributed by atoms with van der Waals surface area (Å²) >= 11 is 5.99. The molecule has 1 aromatic heterocycles. The summed E-state index contributed by atoms with van der Waals surface area (Å²) in [6.45, 7) is 6.69. The van der Waals surface area contributed by atoms with Crippen molar-refractivity contribution in [3.63, 3.8) is 0 Å². The summed E-state index contributed by atoms with van der Waals surface area (Å²) in [5.41, 5.74) is 2.18. The van der Waals surface area contributed by atoms with Crippen molar-refractivity contribution in [2.24, 2.45) is 0 Å². The molecule has 3 aromatic rings. The first kappa shape index (κ1) is 26.5. The number of carbonyl (C=O) groups excluding carboxylic acids is 1. The normalized spacial score (nSPS) is 11.3. The maximum atomic E-state index is 13.7. The van der Waals surface area contributed by atoms with Gasteiger partial charge >= 0.3 is 0 Å². The van der Waals surface area contributed by atoms with Crippen LogP contribution < -0.4 is 14.2 Å². The Morgan fingerprint density at radius 1 is 1.00 bits per heavy atom. The maximum Gasteiger partial charge on any atom is 0.163 e. The molecule has 0 bridgehead atoms. The van der Waals surface area contributed by atoms with Crippen molar-refractivity contribution in [3.05, 3.63) is 70.6 Å². The highest BCUT2D eigenvalue weighted by Crippen LogP contribution is 2.36. The van der Waals surface area contributed by atoms with E-state index in [-0.39, 0.29) is 10.8 Å². The number of ketones is 1. The second-order valence-electron chi connectivity index (χ2n) is 8.90. The van der Waals surface area contributed by atoms with Crippen LogP contribution in [0.3, 0.4) is 0 Å². The molecule has 5 nitrogen and oxygen atoms in total. The quantitative estimate of drug-likeness (QED) is 0.259. The third-order valence-corrected chi connectivity index (χ3v) is 6.18. The van der Waals surface area contributed by atoms with Crippen molar-refractivity contribution < 1.29 is 23.4 Å². The van der Waals surface area contributed by atoms with Gasteiger partial charge in [-0.1, -0.05) is 32.4 Å². The van der Waals surface area contributed by atoms with E-state index in [1.807, 2.05) is 32.9 Å². The molecular weight excluding hydrogens is 469 g/mol. The number of pyridine rings is 1. The summed E-state index contributed by atoms with van der Waals surface area (Å²) in [6, 6.07) is 13.4. The molecule has 0 fully saturated rings. The lowest BCUT2D eigenvalue weighted by atomic mass is 9.82. The van der Waals surface area contributed by atoms with Crippen molar-refractivity contribution >= 4 is 17.4 Å². The van der Waals surface area contributed by atoms with Crippen LogP contribution in [0.2, 0.25) is 5.02 Å². The smallest absolute Gasteiger partial charge is 0.163 e. The molecule has 3 rings (SSSR count). The van der Waals surface area contributed by atoms with E-state index in [4.69, 9.17) is 30.8 Å². The summed E-state index contributed by atoms with van der Waals surface area (Å²) in [4.78, 5) is 17.8. The van der Waals surface area contributed by atoms with E-state index in [2.05, 4.69) is 0 Å². The number of Topliss-reactive ketones (excluding diaryl/α,β-unsaturated/α-hetero) is 1. The Bertz CT molecular complexity index is 1200. The van der Waals surface area contributed by atoms with Gasteiger partial charge in [0.2, 0.25) is 0 Å². The summed E-state index contributed by atoms with van der Waals surface area (Å²) in [6.07, 6.45) is 1.79. The first-order valence-electron chi connectivity index (χ1n) is 11.5. The number of hydrogen-bond acceptors (Lipinski definition) is 5. The number of ether oxygens (including phenoxy) is 3. The fourth-order valence-corrected chi connectivity index (χ4v) is 3.89. The molecule has 0 aliphatic heterocycles. The van der Waals surface area contributed by atoms with Gasteiger partial charge in [-0.15, -0.1) is 0 Å². The molecule has 186 valence electrons. The fourth-order valence-electron chi connectivity index (χ4n) is 3.71. The van der Waals surface area contributed by atoms with Crippen molar-refractivity contribution in [2.45, 2.75) is 45.4 Å². The molecule has 35 heavy (non-hydrogen) atoms. The average molecular weight is 500 g/mol. The lowest BCUT2D eigenvalue weighted by molar-refractivity contribution is 0.0971. The van der Waals surface area contributed by atoms with Crippen molar-refractivity contribution in [1.29, 1.82) is 0 Å². The average Bonchev–Trinajstić information content (AvgIpc) is 2.87. The minimum atomic E-state index is -0.494. The van der Waals surface area contributed by atoms with E-state index < -0.39 is 11.2 Å². The van der Waals surface area contributed by atoms with Crippen LogP contribution in [0.1, 0.15) is 56.1 Å². The van der Waals surface area contributed by atoms with Crippen LogP contribution in [-0.2, 0) is 5.41 Å². The number of nitrogens with zero attached hydrogens (tertiary/aromatic N) is 1. The molecular formula is C28H31ClFNO4. The minimum Gasteiger partial charge on any atom is -0.494 e. The Balaban J connectivity index is 1.80. The first-order chi connectivity index (χ1) is 16.7. The zero-order valence-corrected chi connectivity index (χ0v) is 21.5. The van der Waals surface area contributed by atoms with Crippen LogP contribution in [0, 0.1) is 5.82 Å². The van der Waals surface area contributed by atoms with Crippen LogP contribution in [0.15, 0.2) is 48.5 Å². The monoisotopic (exact) mass is 499 g/mol. The van der Waals surface area contributed by atoms with Gasteiger partial charge < -0.3 is 14.2 Å². The van der Waals surface area contributed by atoms with E-state index in [1.165, 1.54) is 12.1 Å². The number of halogens is 2. The van der Waals surface area contributed by atoms with Crippen molar-refractivity contribution in [1.82, 2.24) is 4.98 Å². The van der Waals surface area contributed by atoms with Crippen LogP contribution in [-0.4, -0.2) is 31.6 Å². The molecule has 0 amide bonds. The second kappa shape index (κ2) is 11.5. The fraction of sp³-hybridized carbons (Fsp3) is 0.357. The Kier molecular flexibility index (Phi) is 8.73. The summed E-state index contributed by atoms with van der Waals surface area (Å²) < 4.78 is 30.2. The molecule has 0 N–H and O–H groups in total. The third-order valence-electron chi connectivity index (χ3n) is 5.89. The Labute approximate surface area is 211 Å². The number of methoxy groups -OCH3 is 2. The van der Waals surface area contributed by atoms with Crippen LogP contribution >= 0.6 is 11.6 Å². The molecule has 2 aromatic carbocycles. The number of benzene rings is 2. The Hall–Kier alpha value is -3.12. The maximum absolute atomic E-state index is 13.7. The zero-order chi connectivity index (χ0) is 25.6. The van der Waals surface area contributed by atoms with Gasteiger partial charge in [0.25, 0.3) is 0 Å². The number of rotatable bonds is 11. The van der Waals surface area contributed by atoms with Crippen LogP contribution in [0.4, 0.5) is 4.39 Å². The lowest BCUT2D eigenvalue weighted by Gasteiger charge is -2.25. The number of carbonyl (C=O) groups is 1. The van der Waals surface area contributed by atoms with Crippen LogP contribution in [0.25, 0.3) is 11.3 Å². The van der Waals surface area contributed by atoms with Gasteiger partial charge in [-0.25, -0.2) is 9.37 Å². The van der Waals surface area contributed by atoms with Gasteiger partial charge in [0, 0.05) is 28.7 Å². The van der Waals surface area contributed by atoms with E-state index in [0.717, 1.165) is 12.1 Å². The van der Waals surface area contributed by atoms with E-state index in [9.17, 15) is 9.18 Å². The Morgan fingerprint density at radius 3 is 2.37 bits per heavy atom. The van der Waals surface area contributed by atoms with Gasteiger partial charge in [-0.2, -0.15) is 0 Å². The molecule has 0 unspecified atom stereocenters. The topological polar surface area (TPSA) is 57.7 Å².